The van der Waals surface area contributed by atoms with Crippen LogP contribution in [0.25, 0.3) is 116 Å². The second-order valence-corrected chi connectivity index (χ2v) is 22.5. The van der Waals surface area contributed by atoms with E-state index < -0.39 is 8.80 Å². The van der Waals surface area contributed by atoms with Gasteiger partial charge in [0.15, 0.2) is 0 Å². The summed E-state index contributed by atoms with van der Waals surface area (Å²) in [6, 6.07) is 102. The lowest BCUT2D eigenvalue weighted by atomic mass is 9.93. The zero-order valence-corrected chi connectivity index (χ0v) is 41.6. The molecule has 0 spiro atoms. The van der Waals surface area contributed by atoms with E-state index in [0.717, 1.165) is 27.8 Å². The lowest BCUT2D eigenvalue weighted by Gasteiger charge is -2.18. The van der Waals surface area contributed by atoms with Gasteiger partial charge in [0.25, 0.3) is 0 Å². The van der Waals surface area contributed by atoms with Gasteiger partial charge in [-0.2, -0.15) is 0 Å². The Hall–Kier alpha value is -9.48. The van der Waals surface area contributed by atoms with Crippen LogP contribution in [-0.4, -0.2) is 22.2 Å². The fourth-order valence-corrected chi connectivity index (χ4v) is 15.2. The van der Waals surface area contributed by atoms with Crippen molar-refractivity contribution < 1.29 is 0 Å². The molecule has 4 heterocycles. The Morgan fingerprint density at radius 1 is 0.284 bits per heavy atom. The van der Waals surface area contributed by atoms with Crippen molar-refractivity contribution in [1.29, 1.82) is 0 Å². The van der Waals surface area contributed by atoms with Gasteiger partial charge in [-0.25, -0.2) is 0 Å². The van der Waals surface area contributed by atoms with Crippen LogP contribution in [0.5, 0.6) is 0 Å². The third-order valence-electron chi connectivity index (χ3n) is 15.5. The minimum absolute atomic E-state index is 1.12. The largest absolute Gasteiger partial charge is 0.314 e. The molecular weight excluding hydrogens is 911 g/mol. The lowest BCUT2D eigenvalue weighted by Crippen LogP contribution is -2.51. The zero-order chi connectivity index (χ0) is 48.7. The Labute approximate surface area is 430 Å². The van der Waals surface area contributed by atoms with Crippen molar-refractivity contribution in [2.45, 2.75) is 0 Å². The van der Waals surface area contributed by atoms with E-state index in [0.29, 0.717) is 0 Å². The van der Waals surface area contributed by atoms with Gasteiger partial charge in [0, 0.05) is 49.8 Å². The first-order chi connectivity index (χ1) is 36.7. The van der Waals surface area contributed by atoms with E-state index in [4.69, 9.17) is 0 Å². The summed E-state index contributed by atoms with van der Waals surface area (Å²) in [4.78, 5) is 0. The normalized spacial score (nSPS) is 11.9. The molecule has 11 aromatic carbocycles. The van der Waals surface area contributed by atoms with Crippen molar-refractivity contribution in [3.05, 3.63) is 279 Å². The highest BCUT2D eigenvalue weighted by atomic mass is 28.3. The van der Waals surface area contributed by atoms with Crippen LogP contribution in [0.2, 0.25) is 0 Å². The van der Waals surface area contributed by atoms with E-state index in [-0.39, 0.29) is 0 Å². The van der Waals surface area contributed by atoms with E-state index >= 15 is 0 Å². The number of rotatable bonds is 8. The van der Waals surface area contributed by atoms with Gasteiger partial charge >= 0.3 is 0 Å². The molecule has 3 nitrogen and oxygen atoms in total. The van der Waals surface area contributed by atoms with E-state index in [1.807, 2.05) is 0 Å². The number of para-hydroxylation sites is 1. The highest BCUT2D eigenvalue weighted by Gasteiger charge is 2.26. The highest BCUT2D eigenvalue weighted by molar-refractivity contribution is 6.95. The van der Waals surface area contributed by atoms with Gasteiger partial charge in [0.1, 0.15) is 8.80 Å². The Bertz CT molecular complexity index is 4560. The fourth-order valence-electron chi connectivity index (χ4n) is 12.2. The van der Waals surface area contributed by atoms with Gasteiger partial charge in [-0.15, -0.1) is 0 Å². The van der Waals surface area contributed by atoms with Crippen LogP contribution in [0.3, 0.4) is 0 Å². The van der Waals surface area contributed by atoms with E-state index in [2.05, 4.69) is 293 Å². The first-order valence-electron chi connectivity index (χ1n) is 25.6. The van der Waals surface area contributed by atoms with Crippen molar-refractivity contribution >= 4 is 89.8 Å². The van der Waals surface area contributed by atoms with Gasteiger partial charge in [-0.05, 0) is 94.0 Å². The lowest BCUT2D eigenvalue weighted by molar-refractivity contribution is 1.18. The molecule has 346 valence electrons. The fraction of sp³-hybridized carbons (Fsp3) is 0. The Balaban J connectivity index is 1.11. The SMILES string of the molecule is c1ccc(-c2cc3ccn4c5cc6c(cc5n5c(-c7ccccc7)c(-c7ccccc7)c7cc(-c8ccccc8)cc(c(c2)c34)c75)c2ccccc2n6-c2ccc([SiH](c3ccccc3)c3ccccc3)cc2)cc1. The maximum atomic E-state index is 2.62. The molecule has 0 saturated heterocycles. The van der Waals surface area contributed by atoms with Gasteiger partial charge in [0.2, 0.25) is 0 Å². The van der Waals surface area contributed by atoms with Gasteiger partial charge in [0.05, 0.1) is 38.8 Å². The molecule has 0 aliphatic carbocycles. The number of nitrogens with zero attached hydrogens (tertiary/aromatic N) is 3. The van der Waals surface area contributed by atoms with Crippen molar-refractivity contribution in [2.75, 3.05) is 0 Å². The predicted molar refractivity (Wildman–Crippen MR) is 316 cm³/mol. The summed E-state index contributed by atoms with van der Waals surface area (Å²) >= 11 is 0. The smallest absolute Gasteiger partial charge is 0.132 e. The number of fused-ring (bicyclic) bond motifs is 7. The molecule has 0 radical (unpaired) electrons. The molecule has 0 bridgehead atoms. The summed E-state index contributed by atoms with van der Waals surface area (Å²) in [6.07, 6.45) is 2.31. The highest BCUT2D eigenvalue weighted by Crippen LogP contribution is 2.48. The van der Waals surface area contributed by atoms with Crippen molar-refractivity contribution in [3.8, 4) is 50.3 Å². The van der Waals surface area contributed by atoms with E-state index in [1.54, 1.807) is 0 Å². The van der Waals surface area contributed by atoms with Crippen molar-refractivity contribution in [3.63, 3.8) is 0 Å². The Kier molecular flexibility index (Phi) is 9.75. The average molecular weight is 958 g/mol. The number of hydrogen-bond donors (Lipinski definition) is 0. The summed E-state index contributed by atoms with van der Waals surface area (Å²) in [5.74, 6) is 0. The van der Waals surface area contributed by atoms with Gasteiger partial charge in [-0.3, -0.25) is 0 Å². The topological polar surface area (TPSA) is 13.8 Å². The van der Waals surface area contributed by atoms with Crippen LogP contribution in [0.4, 0.5) is 0 Å². The molecule has 0 atom stereocenters. The van der Waals surface area contributed by atoms with Crippen molar-refractivity contribution in [1.82, 2.24) is 13.4 Å². The summed E-state index contributed by atoms with van der Waals surface area (Å²) < 4.78 is 7.60. The molecule has 15 rings (SSSR count). The van der Waals surface area contributed by atoms with Crippen LogP contribution in [0.15, 0.2) is 279 Å². The molecule has 0 unspecified atom stereocenters. The van der Waals surface area contributed by atoms with Gasteiger partial charge in [-0.1, -0.05) is 228 Å². The number of aromatic nitrogens is 3. The van der Waals surface area contributed by atoms with Crippen LogP contribution in [-0.2, 0) is 0 Å². The minimum atomic E-state index is -1.74. The number of benzene rings is 11. The standard InChI is InChI=1S/C70H47N3Si/c1-7-21-47(22-8-1)52-41-51-39-40-71-65-46-64-59(58-33-19-20-34-63(58)72(64)54-35-37-57(38-36-54)74(55-29-15-5-16-30-55)56-31-17-6-18-32-56)45-66(65)73-69(50-27-13-4-14-28-50)67(49-25-11-3-12-26-49)62-44-53(48-23-9-2-10-24-48)43-61(70(62)73)60(42-52)68(51)71/h1-46,74H. The monoisotopic (exact) mass is 957 g/mol. The molecule has 74 heavy (non-hydrogen) atoms. The quantitative estimate of drug-likeness (QED) is 0.106. The molecule has 15 aromatic rings. The molecule has 4 aromatic heterocycles. The molecule has 0 aliphatic rings. The van der Waals surface area contributed by atoms with Gasteiger partial charge < -0.3 is 13.4 Å². The second kappa shape index (κ2) is 17.1. The Morgan fingerprint density at radius 3 is 1.41 bits per heavy atom. The zero-order valence-electron chi connectivity index (χ0n) is 40.5. The second-order valence-electron chi connectivity index (χ2n) is 19.6. The summed E-state index contributed by atoms with van der Waals surface area (Å²) in [7, 11) is -1.74. The summed E-state index contributed by atoms with van der Waals surface area (Å²) in [5.41, 5.74) is 17.6. The van der Waals surface area contributed by atoms with Crippen LogP contribution in [0.1, 0.15) is 0 Å². The molecule has 0 amide bonds. The minimum Gasteiger partial charge on any atom is -0.314 e. The van der Waals surface area contributed by atoms with Crippen molar-refractivity contribution in [2.24, 2.45) is 0 Å². The summed E-state index contributed by atoms with van der Waals surface area (Å²) in [5, 5.41) is 11.5. The maximum Gasteiger partial charge on any atom is 0.132 e. The van der Waals surface area contributed by atoms with Crippen LogP contribution in [0, 0.1) is 0 Å². The molecule has 0 N–H and O–H groups in total. The third kappa shape index (κ3) is 6.66. The van der Waals surface area contributed by atoms with E-state index in [9.17, 15) is 0 Å². The summed E-state index contributed by atoms with van der Waals surface area (Å²) in [6.45, 7) is 0. The van der Waals surface area contributed by atoms with Crippen LogP contribution >= 0.6 is 0 Å². The first-order valence-corrected chi connectivity index (χ1v) is 27.3. The maximum absolute atomic E-state index is 2.62. The Morgan fingerprint density at radius 2 is 0.784 bits per heavy atom. The predicted octanol–water partition coefficient (Wildman–Crippen LogP) is 15.7. The third-order valence-corrected chi connectivity index (χ3v) is 18.6. The molecule has 0 fully saturated rings. The number of hydrogen-bond acceptors (Lipinski definition) is 0. The average Bonchev–Trinajstić information content (AvgIpc) is 4.16. The van der Waals surface area contributed by atoms with Crippen LogP contribution < -0.4 is 15.6 Å². The molecule has 0 aliphatic heterocycles. The molecule has 0 saturated carbocycles. The van der Waals surface area contributed by atoms with E-state index in [1.165, 1.54) is 104 Å². The molecular formula is C70H47N3Si. The molecule has 4 heteroatoms. The first kappa shape index (κ1) is 42.2.